The van der Waals surface area contributed by atoms with E-state index in [2.05, 4.69) is 15.2 Å². The van der Waals surface area contributed by atoms with Crippen molar-refractivity contribution < 1.29 is 17.9 Å². The first-order valence-electron chi connectivity index (χ1n) is 9.26. The fraction of sp³-hybridized carbons (Fsp3) is 0.0909. The molecule has 0 aromatic heterocycles. The lowest BCUT2D eigenvalue weighted by Crippen LogP contribution is -2.20. The fourth-order valence-corrected chi connectivity index (χ4v) is 4.31. The molecular formula is C22H19Cl2N3O4S. The first-order chi connectivity index (χ1) is 15.2. The van der Waals surface area contributed by atoms with E-state index >= 15 is 0 Å². The average molecular weight is 492 g/mol. The van der Waals surface area contributed by atoms with Crippen molar-refractivity contribution in [2.45, 2.75) is 11.8 Å². The topological polar surface area (TPSA) is 96.9 Å². The maximum absolute atomic E-state index is 12.5. The van der Waals surface area contributed by atoms with Crippen molar-refractivity contribution in [3.8, 4) is 5.75 Å². The molecule has 2 N–H and O–H groups in total. The Balaban J connectivity index is 1.75. The van der Waals surface area contributed by atoms with E-state index in [0.29, 0.717) is 28.3 Å². The van der Waals surface area contributed by atoms with Gasteiger partial charge in [0.25, 0.3) is 15.9 Å². The van der Waals surface area contributed by atoms with Gasteiger partial charge in [0.1, 0.15) is 10.6 Å². The molecule has 0 bridgehead atoms. The highest BCUT2D eigenvalue weighted by Gasteiger charge is 2.18. The summed E-state index contributed by atoms with van der Waals surface area (Å²) in [7, 11) is -2.47. The Morgan fingerprint density at radius 2 is 1.69 bits per heavy atom. The normalized spacial score (nSPS) is 11.7. The molecule has 3 aromatic carbocycles. The first kappa shape index (κ1) is 23.6. The van der Waals surface area contributed by atoms with Crippen molar-refractivity contribution in [3.05, 3.63) is 87.9 Å². The van der Waals surface area contributed by atoms with Gasteiger partial charge in [0.15, 0.2) is 0 Å². The van der Waals surface area contributed by atoms with Crippen LogP contribution in [0.25, 0.3) is 0 Å². The average Bonchev–Trinajstić information content (AvgIpc) is 2.79. The lowest BCUT2D eigenvalue weighted by molar-refractivity contribution is 0.102. The summed E-state index contributed by atoms with van der Waals surface area (Å²) in [4.78, 5) is 14.5. The highest BCUT2D eigenvalue weighted by atomic mass is 35.5. The van der Waals surface area contributed by atoms with Gasteiger partial charge in [-0.25, -0.2) is 0 Å². The molecule has 0 unspecified atom stereocenters. The van der Waals surface area contributed by atoms with Gasteiger partial charge in [-0.1, -0.05) is 35.3 Å². The summed E-state index contributed by atoms with van der Waals surface area (Å²) >= 11 is 11.8. The molecule has 0 radical (unpaired) electrons. The van der Waals surface area contributed by atoms with Crippen molar-refractivity contribution >= 4 is 50.5 Å². The number of ether oxygens (including phenoxy) is 1. The number of hydrogen-bond acceptors (Lipinski definition) is 5. The molecule has 1 amide bonds. The lowest BCUT2D eigenvalue weighted by Gasteiger charge is -2.09. The van der Waals surface area contributed by atoms with Crippen LogP contribution in [-0.2, 0) is 10.0 Å². The van der Waals surface area contributed by atoms with Crippen LogP contribution in [-0.4, -0.2) is 27.1 Å². The molecule has 0 aliphatic rings. The number of benzene rings is 3. The maximum Gasteiger partial charge on any atom is 0.278 e. The van der Waals surface area contributed by atoms with E-state index < -0.39 is 10.0 Å². The highest BCUT2D eigenvalue weighted by Crippen LogP contribution is 2.25. The molecule has 10 heteroatoms. The zero-order valence-electron chi connectivity index (χ0n) is 17.1. The van der Waals surface area contributed by atoms with Gasteiger partial charge in [-0.2, -0.15) is 18.4 Å². The van der Waals surface area contributed by atoms with E-state index in [0.717, 1.165) is 0 Å². The van der Waals surface area contributed by atoms with E-state index in [1.807, 2.05) is 0 Å². The van der Waals surface area contributed by atoms with Crippen LogP contribution in [0.15, 0.2) is 76.7 Å². The van der Waals surface area contributed by atoms with Crippen molar-refractivity contribution in [2.75, 3.05) is 12.4 Å². The standard InChI is InChI=1S/C22H19Cl2N3O4S/c1-14(26-27-32(29,30)21-13-17(23)8-11-20(21)24)16-4-3-5-18(12-16)25-22(28)15-6-9-19(31-2)10-7-15/h3-13,27H,1-2H3,(H,25,28)/b26-14-. The van der Waals surface area contributed by atoms with E-state index in [-0.39, 0.29) is 20.8 Å². The number of carbonyl (C=O) groups is 1. The Morgan fingerprint density at radius 1 is 0.969 bits per heavy atom. The summed E-state index contributed by atoms with van der Waals surface area (Å²) < 4.78 is 30.1. The Morgan fingerprint density at radius 3 is 2.38 bits per heavy atom. The quantitative estimate of drug-likeness (QED) is 0.360. The van der Waals surface area contributed by atoms with Crippen LogP contribution in [0.4, 0.5) is 5.69 Å². The SMILES string of the molecule is COc1ccc(C(=O)Nc2cccc(/C(C)=N\NS(=O)(=O)c3cc(Cl)ccc3Cl)c2)cc1. The van der Waals surface area contributed by atoms with Gasteiger partial charge in [-0.05, 0) is 67.1 Å². The van der Waals surface area contributed by atoms with Crippen molar-refractivity contribution in [1.82, 2.24) is 4.83 Å². The van der Waals surface area contributed by atoms with Crippen LogP contribution < -0.4 is 14.9 Å². The minimum absolute atomic E-state index is 0.0259. The first-order valence-corrected chi connectivity index (χ1v) is 11.5. The number of sulfonamides is 1. The third-order valence-electron chi connectivity index (χ3n) is 4.41. The van der Waals surface area contributed by atoms with Gasteiger partial charge in [0, 0.05) is 16.3 Å². The Kier molecular flexibility index (Phi) is 7.40. The number of nitrogens with zero attached hydrogens (tertiary/aromatic N) is 1. The van der Waals surface area contributed by atoms with E-state index in [9.17, 15) is 13.2 Å². The number of halogens is 2. The van der Waals surface area contributed by atoms with Gasteiger partial charge >= 0.3 is 0 Å². The summed E-state index contributed by atoms with van der Waals surface area (Å²) in [6.45, 7) is 1.63. The molecule has 0 spiro atoms. The Bertz CT molecular complexity index is 1280. The largest absolute Gasteiger partial charge is 0.497 e. The minimum atomic E-state index is -4.02. The summed E-state index contributed by atoms with van der Waals surface area (Å²) in [5.74, 6) is 0.354. The molecule has 0 aliphatic heterocycles. The summed E-state index contributed by atoms with van der Waals surface area (Å²) in [5, 5.41) is 7.02. The van der Waals surface area contributed by atoms with Crippen LogP contribution in [0, 0.1) is 0 Å². The fourth-order valence-electron chi connectivity index (χ4n) is 2.69. The molecule has 3 rings (SSSR count). The van der Waals surface area contributed by atoms with Gasteiger partial charge in [-0.3, -0.25) is 4.79 Å². The summed E-state index contributed by atoms with van der Waals surface area (Å²) in [6, 6.07) is 17.7. The number of hydrogen-bond donors (Lipinski definition) is 2. The van der Waals surface area contributed by atoms with Crippen LogP contribution in [0.3, 0.4) is 0 Å². The number of anilines is 1. The second kappa shape index (κ2) is 10.0. The zero-order valence-corrected chi connectivity index (χ0v) is 19.4. The van der Waals surface area contributed by atoms with Gasteiger partial charge < -0.3 is 10.1 Å². The van der Waals surface area contributed by atoms with Crippen molar-refractivity contribution in [2.24, 2.45) is 5.10 Å². The summed E-state index contributed by atoms with van der Waals surface area (Å²) in [6.07, 6.45) is 0. The smallest absolute Gasteiger partial charge is 0.278 e. The van der Waals surface area contributed by atoms with E-state index in [4.69, 9.17) is 27.9 Å². The van der Waals surface area contributed by atoms with Gasteiger partial charge in [-0.15, -0.1) is 0 Å². The molecular weight excluding hydrogens is 473 g/mol. The Labute approximate surface area is 196 Å². The van der Waals surface area contributed by atoms with E-state index in [1.165, 1.54) is 18.2 Å². The molecule has 32 heavy (non-hydrogen) atoms. The number of rotatable bonds is 7. The van der Waals surface area contributed by atoms with E-state index in [1.54, 1.807) is 62.6 Å². The zero-order chi connectivity index (χ0) is 23.3. The molecule has 166 valence electrons. The van der Waals surface area contributed by atoms with Crippen LogP contribution in [0.2, 0.25) is 10.0 Å². The number of amides is 1. The van der Waals surface area contributed by atoms with Gasteiger partial charge in [0.2, 0.25) is 0 Å². The predicted octanol–water partition coefficient (Wildman–Crippen LogP) is 4.96. The molecule has 0 atom stereocenters. The van der Waals surface area contributed by atoms with Gasteiger partial charge in [0.05, 0.1) is 17.8 Å². The molecule has 0 saturated heterocycles. The maximum atomic E-state index is 12.5. The molecule has 0 heterocycles. The molecule has 0 saturated carbocycles. The monoisotopic (exact) mass is 491 g/mol. The number of nitrogens with one attached hydrogen (secondary N) is 2. The van der Waals surface area contributed by atoms with Crippen molar-refractivity contribution in [3.63, 3.8) is 0 Å². The third kappa shape index (κ3) is 5.79. The Hall–Kier alpha value is -3.07. The molecule has 0 fully saturated rings. The van der Waals surface area contributed by atoms with Crippen LogP contribution in [0.5, 0.6) is 5.75 Å². The lowest BCUT2D eigenvalue weighted by atomic mass is 10.1. The molecule has 0 aliphatic carbocycles. The molecule has 7 nitrogen and oxygen atoms in total. The van der Waals surface area contributed by atoms with Crippen LogP contribution >= 0.6 is 23.2 Å². The molecule has 3 aromatic rings. The minimum Gasteiger partial charge on any atom is -0.497 e. The second-order valence-corrected chi connectivity index (χ2v) is 9.10. The second-order valence-electron chi connectivity index (χ2n) is 6.63. The summed E-state index contributed by atoms with van der Waals surface area (Å²) in [5.41, 5.74) is 1.98. The third-order valence-corrected chi connectivity index (χ3v) is 6.33. The van der Waals surface area contributed by atoms with Crippen molar-refractivity contribution in [1.29, 1.82) is 0 Å². The van der Waals surface area contributed by atoms with Crippen LogP contribution in [0.1, 0.15) is 22.8 Å². The highest BCUT2D eigenvalue weighted by molar-refractivity contribution is 7.89. The number of carbonyl (C=O) groups excluding carboxylic acids is 1. The predicted molar refractivity (Wildman–Crippen MR) is 126 cm³/mol. The number of methoxy groups -OCH3 is 1. The number of hydrazone groups is 1.